The van der Waals surface area contributed by atoms with Crippen molar-refractivity contribution in [3.63, 3.8) is 0 Å². The molecule has 0 bridgehead atoms. The molecule has 37 heavy (non-hydrogen) atoms. The SMILES string of the molecule is O=C(Nc1ccc(C(=O)C2CC=CC3=CNC=C4COCCN4C32)c(Cl)c1)c1cc(F)c(F)c(F)c1F. The molecule has 3 aliphatic rings. The number of carbonyl (C=O) groups excluding carboxylic acids is 2. The van der Waals surface area contributed by atoms with Crippen LogP contribution in [0.2, 0.25) is 5.02 Å². The predicted molar refractivity (Wildman–Crippen MR) is 128 cm³/mol. The van der Waals surface area contributed by atoms with Crippen LogP contribution in [0.4, 0.5) is 23.2 Å². The summed E-state index contributed by atoms with van der Waals surface area (Å²) in [4.78, 5) is 28.2. The molecule has 0 spiro atoms. The molecule has 2 N–H and O–H groups in total. The van der Waals surface area contributed by atoms with Gasteiger partial charge in [-0.25, -0.2) is 17.6 Å². The molecular weight excluding hydrogens is 514 g/mol. The molecule has 0 radical (unpaired) electrons. The number of hydrogen-bond acceptors (Lipinski definition) is 5. The van der Waals surface area contributed by atoms with Crippen LogP contribution >= 0.6 is 11.6 Å². The first kappa shape index (κ1) is 25.0. The van der Waals surface area contributed by atoms with Crippen LogP contribution in [0.15, 0.2) is 60.1 Å². The van der Waals surface area contributed by atoms with Crippen molar-refractivity contribution >= 4 is 29.0 Å². The van der Waals surface area contributed by atoms with Crippen molar-refractivity contribution < 1.29 is 31.9 Å². The van der Waals surface area contributed by atoms with E-state index in [-0.39, 0.29) is 34.2 Å². The van der Waals surface area contributed by atoms with E-state index in [2.05, 4.69) is 15.5 Å². The molecule has 0 saturated carbocycles. The monoisotopic (exact) mass is 533 g/mol. The molecule has 1 amide bonds. The molecule has 5 rings (SSSR count). The van der Waals surface area contributed by atoms with Gasteiger partial charge >= 0.3 is 0 Å². The summed E-state index contributed by atoms with van der Waals surface area (Å²) >= 11 is 6.41. The predicted octanol–water partition coefficient (Wildman–Crippen LogP) is 4.94. The maximum Gasteiger partial charge on any atom is 0.258 e. The lowest BCUT2D eigenvalue weighted by Gasteiger charge is -2.42. The van der Waals surface area contributed by atoms with Gasteiger partial charge in [-0.15, -0.1) is 0 Å². The fourth-order valence-electron chi connectivity index (χ4n) is 4.76. The third-order valence-corrected chi connectivity index (χ3v) is 6.84. The first-order valence-electron chi connectivity index (χ1n) is 11.4. The van der Waals surface area contributed by atoms with E-state index in [1.807, 2.05) is 24.6 Å². The molecule has 2 aromatic rings. The quantitative estimate of drug-likeness (QED) is 0.252. The Bertz CT molecular complexity index is 1390. The van der Waals surface area contributed by atoms with Gasteiger partial charge in [-0.1, -0.05) is 23.8 Å². The average molecular weight is 534 g/mol. The van der Waals surface area contributed by atoms with E-state index in [4.69, 9.17) is 16.3 Å². The summed E-state index contributed by atoms with van der Waals surface area (Å²) in [6.45, 7) is 1.57. The minimum absolute atomic E-state index is 0.0318. The summed E-state index contributed by atoms with van der Waals surface area (Å²) < 4.78 is 59.8. The molecule has 2 atom stereocenters. The molecule has 2 unspecified atom stereocenters. The smallest absolute Gasteiger partial charge is 0.258 e. The van der Waals surface area contributed by atoms with Crippen LogP contribution < -0.4 is 10.6 Å². The Kier molecular flexibility index (Phi) is 6.78. The number of nitrogens with zero attached hydrogens (tertiary/aromatic N) is 1. The van der Waals surface area contributed by atoms with E-state index in [1.54, 1.807) is 0 Å². The van der Waals surface area contributed by atoms with Crippen LogP contribution in [-0.2, 0) is 4.74 Å². The van der Waals surface area contributed by atoms with E-state index in [0.717, 1.165) is 11.3 Å². The van der Waals surface area contributed by atoms with E-state index in [0.29, 0.717) is 26.2 Å². The van der Waals surface area contributed by atoms with Crippen LogP contribution in [0.1, 0.15) is 27.1 Å². The Hall–Kier alpha value is -3.63. The second-order valence-corrected chi connectivity index (χ2v) is 9.15. The number of halogens is 5. The Morgan fingerprint density at radius 1 is 1.05 bits per heavy atom. The maximum absolute atomic E-state index is 14.0. The number of rotatable bonds is 4. The molecule has 192 valence electrons. The van der Waals surface area contributed by atoms with Gasteiger partial charge in [0, 0.05) is 30.2 Å². The normalized spacial score (nSPS) is 20.6. The number of nitrogens with one attached hydrogen (secondary N) is 2. The third-order valence-electron chi connectivity index (χ3n) is 6.53. The first-order chi connectivity index (χ1) is 17.8. The Balaban J connectivity index is 1.39. The standard InChI is InChI=1S/C26H20ClF4N3O3/c27-19-8-14(33-26(36)18-9-20(28)22(30)23(31)21(18)29)4-5-16(19)25(35)17-3-1-2-13-10-32-11-15-12-37-7-6-34(15)24(13)17/h1-2,4-5,8-11,17,24,32H,3,6-7,12H2,(H,33,36). The van der Waals surface area contributed by atoms with E-state index >= 15 is 0 Å². The lowest BCUT2D eigenvalue weighted by Crippen LogP contribution is -2.48. The molecule has 6 nitrogen and oxygen atoms in total. The zero-order valence-electron chi connectivity index (χ0n) is 19.2. The molecule has 2 aromatic carbocycles. The minimum atomic E-state index is -2.09. The number of ketones is 1. The summed E-state index contributed by atoms with van der Waals surface area (Å²) in [5.74, 6) is -9.50. The number of anilines is 1. The highest BCUT2D eigenvalue weighted by molar-refractivity contribution is 6.34. The zero-order chi connectivity index (χ0) is 26.3. The molecule has 2 heterocycles. The van der Waals surface area contributed by atoms with Gasteiger partial charge in [-0.3, -0.25) is 9.59 Å². The third kappa shape index (κ3) is 4.62. The lowest BCUT2D eigenvalue weighted by atomic mass is 9.79. The summed E-state index contributed by atoms with van der Waals surface area (Å²) in [6, 6.07) is 4.11. The van der Waals surface area contributed by atoms with Crippen molar-refractivity contribution in [2.45, 2.75) is 12.5 Å². The van der Waals surface area contributed by atoms with Gasteiger partial charge in [0.1, 0.15) is 0 Å². The second-order valence-electron chi connectivity index (χ2n) is 8.74. The Morgan fingerprint density at radius 3 is 2.65 bits per heavy atom. The number of hydrogen-bond donors (Lipinski definition) is 2. The molecular formula is C26H20ClF4N3O3. The van der Waals surface area contributed by atoms with Gasteiger partial charge in [0.25, 0.3) is 5.91 Å². The Labute approximate surface area is 214 Å². The highest BCUT2D eigenvalue weighted by Crippen LogP contribution is 2.36. The highest BCUT2D eigenvalue weighted by atomic mass is 35.5. The molecule has 2 aliphatic heterocycles. The van der Waals surface area contributed by atoms with Crippen molar-refractivity contribution in [1.29, 1.82) is 0 Å². The van der Waals surface area contributed by atoms with E-state index < -0.39 is 40.7 Å². The maximum atomic E-state index is 14.0. The number of fused-ring (bicyclic) bond motifs is 3. The summed E-state index contributed by atoms with van der Waals surface area (Å²) in [7, 11) is 0. The van der Waals surface area contributed by atoms with E-state index in [1.165, 1.54) is 18.2 Å². The van der Waals surface area contributed by atoms with Crippen LogP contribution in [0.25, 0.3) is 0 Å². The van der Waals surface area contributed by atoms with Gasteiger partial charge in [0.15, 0.2) is 29.1 Å². The lowest BCUT2D eigenvalue weighted by molar-refractivity contribution is 0.0455. The highest BCUT2D eigenvalue weighted by Gasteiger charge is 2.39. The second kappa shape index (κ2) is 10.0. The minimum Gasteiger partial charge on any atom is -0.373 e. The molecule has 11 heteroatoms. The molecule has 1 fully saturated rings. The van der Waals surface area contributed by atoms with Crippen molar-refractivity contribution in [2.75, 3.05) is 25.1 Å². The zero-order valence-corrected chi connectivity index (χ0v) is 19.9. The number of benzene rings is 2. The number of amides is 1. The number of allylic oxidation sites excluding steroid dienone is 1. The van der Waals surface area contributed by atoms with Crippen LogP contribution in [0, 0.1) is 29.2 Å². The molecule has 1 saturated heterocycles. The largest absolute Gasteiger partial charge is 0.373 e. The van der Waals surface area contributed by atoms with Crippen LogP contribution in [-0.4, -0.2) is 42.4 Å². The van der Waals surface area contributed by atoms with Gasteiger partial charge < -0.3 is 20.3 Å². The Morgan fingerprint density at radius 2 is 1.86 bits per heavy atom. The van der Waals surface area contributed by atoms with Crippen molar-refractivity contribution in [2.24, 2.45) is 5.92 Å². The van der Waals surface area contributed by atoms with E-state index in [9.17, 15) is 27.2 Å². The summed E-state index contributed by atoms with van der Waals surface area (Å²) in [5, 5.41) is 5.43. The average Bonchev–Trinajstić information content (AvgIpc) is 3.08. The fraction of sp³-hybridized carbons (Fsp3) is 0.231. The van der Waals surface area contributed by atoms with Crippen LogP contribution in [0.5, 0.6) is 0 Å². The number of ether oxygens (including phenoxy) is 1. The van der Waals surface area contributed by atoms with Crippen molar-refractivity contribution in [3.05, 3.63) is 99.5 Å². The topological polar surface area (TPSA) is 70.7 Å². The van der Waals surface area contributed by atoms with Gasteiger partial charge in [-0.2, -0.15) is 0 Å². The molecule has 1 aliphatic carbocycles. The van der Waals surface area contributed by atoms with Gasteiger partial charge in [0.2, 0.25) is 0 Å². The summed E-state index contributed by atoms with van der Waals surface area (Å²) in [6.07, 6.45) is 8.10. The van der Waals surface area contributed by atoms with Crippen molar-refractivity contribution in [3.8, 4) is 0 Å². The summed E-state index contributed by atoms with van der Waals surface area (Å²) in [5.41, 5.74) is 1.13. The number of carbonyl (C=O) groups is 2. The van der Waals surface area contributed by atoms with Crippen molar-refractivity contribution in [1.82, 2.24) is 10.2 Å². The van der Waals surface area contributed by atoms with Gasteiger partial charge in [0.05, 0.1) is 41.5 Å². The van der Waals surface area contributed by atoms with Gasteiger partial charge in [-0.05, 0) is 36.3 Å². The molecule has 0 aromatic heterocycles. The number of Topliss-reactive ketones (excluding diaryl/α,β-unsaturated/α-hetero) is 1. The fourth-order valence-corrected chi connectivity index (χ4v) is 5.04. The first-order valence-corrected chi connectivity index (χ1v) is 11.8. The van der Waals surface area contributed by atoms with Crippen LogP contribution in [0.3, 0.4) is 0 Å². The number of morpholine rings is 1.